The van der Waals surface area contributed by atoms with Gasteiger partial charge < -0.3 is 10.2 Å². The van der Waals surface area contributed by atoms with Gasteiger partial charge in [-0.25, -0.2) is 0 Å². The van der Waals surface area contributed by atoms with E-state index < -0.39 is 0 Å². The quantitative estimate of drug-likeness (QED) is 0.390. The second kappa shape index (κ2) is 10.8. The molecule has 1 heterocycles. The van der Waals surface area contributed by atoms with Crippen LogP contribution in [0.3, 0.4) is 0 Å². The number of carbonyl (C=O) groups is 2. The summed E-state index contributed by atoms with van der Waals surface area (Å²) in [6.45, 7) is 1.45. The van der Waals surface area contributed by atoms with Gasteiger partial charge in [0.05, 0.1) is 17.5 Å². The first kappa shape index (κ1) is 23.2. The smallest absolute Gasteiger partial charge is 0.233 e. The number of benzene rings is 3. The molecule has 9 heteroatoms. The van der Waals surface area contributed by atoms with Gasteiger partial charge in [0, 0.05) is 19.7 Å². The number of rotatable bonds is 8. The van der Waals surface area contributed by atoms with E-state index in [4.69, 9.17) is 0 Å². The highest BCUT2D eigenvalue weighted by atomic mass is 32.2. The Labute approximate surface area is 202 Å². The number of hydrogen-bond donors (Lipinski definition) is 1. The van der Waals surface area contributed by atoms with Crippen LogP contribution in [0.2, 0.25) is 0 Å². The Morgan fingerprint density at radius 3 is 2.24 bits per heavy atom. The summed E-state index contributed by atoms with van der Waals surface area (Å²) in [6.07, 6.45) is 0. The van der Waals surface area contributed by atoms with E-state index >= 15 is 0 Å². The molecule has 0 atom stereocenters. The van der Waals surface area contributed by atoms with Crippen LogP contribution in [0.25, 0.3) is 5.69 Å². The average Bonchev–Trinajstić information content (AvgIpc) is 3.32. The van der Waals surface area contributed by atoms with Crippen LogP contribution in [0.4, 0.5) is 5.69 Å². The minimum atomic E-state index is -0.208. The van der Waals surface area contributed by atoms with Gasteiger partial charge in [-0.15, -0.1) is 5.10 Å². The molecule has 1 N–H and O–H groups in total. The molecule has 0 saturated heterocycles. The van der Waals surface area contributed by atoms with Crippen molar-refractivity contribution in [2.24, 2.45) is 0 Å². The largest absolute Gasteiger partial charge is 0.334 e. The molecule has 0 fully saturated rings. The molecular weight excluding hydrogens is 448 g/mol. The van der Waals surface area contributed by atoms with E-state index in [0.29, 0.717) is 16.5 Å². The Kier molecular flexibility index (Phi) is 7.34. The standard InChI is InChI=1S/C25H24N6O2S/c1-18(32)26-21-14-9-15-22(16-21)31-25(27-28-29-31)34-17-23(33)30(2)24(19-10-5-3-6-11-19)20-12-7-4-8-13-20/h3-16,24H,17H2,1-2H3,(H,26,32). The molecule has 0 saturated carbocycles. The third-order valence-electron chi connectivity index (χ3n) is 5.19. The van der Waals surface area contributed by atoms with Crippen molar-refractivity contribution in [1.82, 2.24) is 25.1 Å². The lowest BCUT2D eigenvalue weighted by atomic mass is 9.97. The van der Waals surface area contributed by atoms with E-state index in [1.54, 1.807) is 27.8 Å². The molecule has 0 aliphatic carbocycles. The van der Waals surface area contributed by atoms with Gasteiger partial charge in [0.15, 0.2) is 0 Å². The molecule has 0 radical (unpaired) electrons. The Bertz CT molecular complexity index is 1220. The van der Waals surface area contributed by atoms with Crippen LogP contribution in [0.1, 0.15) is 24.1 Å². The molecule has 0 aliphatic heterocycles. The van der Waals surface area contributed by atoms with Gasteiger partial charge in [0.25, 0.3) is 0 Å². The first-order valence-corrected chi connectivity index (χ1v) is 11.7. The minimum Gasteiger partial charge on any atom is -0.334 e. The summed E-state index contributed by atoms with van der Waals surface area (Å²) in [5, 5.41) is 15.1. The van der Waals surface area contributed by atoms with Crippen LogP contribution < -0.4 is 5.32 Å². The minimum absolute atomic E-state index is 0.0516. The average molecular weight is 473 g/mol. The number of amides is 2. The molecule has 3 aromatic carbocycles. The summed E-state index contributed by atoms with van der Waals surface area (Å²) in [7, 11) is 1.81. The van der Waals surface area contributed by atoms with E-state index in [1.165, 1.54) is 18.7 Å². The van der Waals surface area contributed by atoms with Crippen molar-refractivity contribution in [3.8, 4) is 5.69 Å². The Balaban J connectivity index is 1.51. The zero-order valence-electron chi connectivity index (χ0n) is 18.8. The van der Waals surface area contributed by atoms with E-state index in [1.807, 2.05) is 73.8 Å². The van der Waals surface area contributed by atoms with Crippen LogP contribution in [0.5, 0.6) is 0 Å². The number of carbonyl (C=O) groups excluding carboxylic acids is 2. The fourth-order valence-electron chi connectivity index (χ4n) is 3.63. The van der Waals surface area contributed by atoms with Crippen molar-refractivity contribution < 1.29 is 9.59 Å². The lowest BCUT2D eigenvalue weighted by Crippen LogP contribution is -2.33. The third kappa shape index (κ3) is 5.49. The second-order valence-corrected chi connectivity index (χ2v) is 8.56. The maximum absolute atomic E-state index is 13.2. The maximum atomic E-state index is 13.2. The molecule has 34 heavy (non-hydrogen) atoms. The summed E-state index contributed by atoms with van der Waals surface area (Å²) in [5.74, 6) is -0.0500. The van der Waals surface area contributed by atoms with Gasteiger partial charge in [0.1, 0.15) is 0 Å². The number of tetrazole rings is 1. The topological polar surface area (TPSA) is 93.0 Å². The number of nitrogens with zero attached hydrogens (tertiary/aromatic N) is 5. The zero-order valence-corrected chi connectivity index (χ0v) is 19.6. The fourth-order valence-corrected chi connectivity index (χ4v) is 4.45. The number of anilines is 1. The summed E-state index contributed by atoms with van der Waals surface area (Å²) in [4.78, 5) is 26.4. The van der Waals surface area contributed by atoms with Gasteiger partial charge >= 0.3 is 0 Å². The number of thioether (sulfide) groups is 1. The molecule has 172 valence electrons. The van der Waals surface area contributed by atoms with Crippen LogP contribution in [0, 0.1) is 0 Å². The lowest BCUT2D eigenvalue weighted by Gasteiger charge is -2.29. The van der Waals surface area contributed by atoms with Crippen molar-refractivity contribution in [3.63, 3.8) is 0 Å². The second-order valence-electron chi connectivity index (χ2n) is 7.62. The highest BCUT2D eigenvalue weighted by molar-refractivity contribution is 7.99. The van der Waals surface area contributed by atoms with E-state index in [-0.39, 0.29) is 23.6 Å². The highest BCUT2D eigenvalue weighted by Gasteiger charge is 2.24. The van der Waals surface area contributed by atoms with E-state index in [2.05, 4.69) is 20.8 Å². The molecule has 0 unspecified atom stereocenters. The molecule has 0 aliphatic rings. The normalized spacial score (nSPS) is 10.8. The molecule has 4 rings (SSSR count). The predicted octanol–water partition coefficient (Wildman–Crippen LogP) is 3.96. The van der Waals surface area contributed by atoms with Gasteiger partial charge in [-0.2, -0.15) is 4.68 Å². The van der Waals surface area contributed by atoms with E-state index in [9.17, 15) is 9.59 Å². The number of aromatic nitrogens is 4. The number of nitrogens with one attached hydrogen (secondary N) is 1. The Morgan fingerprint density at radius 2 is 1.62 bits per heavy atom. The Morgan fingerprint density at radius 1 is 0.971 bits per heavy atom. The first-order valence-electron chi connectivity index (χ1n) is 10.7. The zero-order chi connectivity index (χ0) is 23.9. The van der Waals surface area contributed by atoms with Crippen LogP contribution in [-0.2, 0) is 9.59 Å². The molecule has 2 amide bonds. The van der Waals surface area contributed by atoms with Crippen molar-refractivity contribution in [2.45, 2.75) is 18.1 Å². The highest BCUT2D eigenvalue weighted by Crippen LogP contribution is 2.29. The SMILES string of the molecule is CC(=O)Nc1cccc(-n2nnnc2SCC(=O)N(C)C(c2ccccc2)c2ccccc2)c1. The predicted molar refractivity (Wildman–Crippen MR) is 132 cm³/mol. The third-order valence-corrected chi connectivity index (χ3v) is 6.09. The van der Waals surface area contributed by atoms with Crippen LogP contribution in [-0.4, -0.2) is 49.7 Å². The van der Waals surface area contributed by atoms with Gasteiger partial charge in [0.2, 0.25) is 17.0 Å². The maximum Gasteiger partial charge on any atom is 0.233 e. The number of hydrogen-bond acceptors (Lipinski definition) is 6. The van der Waals surface area contributed by atoms with Crippen LogP contribution in [0.15, 0.2) is 90.1 Å². The lowest BCUT2D eigenvalue weighted by molar-refractivity contribution is -0.128. The molecule has 0 bridgehead atoms. The van der Waals surface area contributed by atoms with Gasteiger partial charge in [-0.05, 0) is 39.8 Å². The molecular formula is C25H24N6O2S. The van der Waals surface area contributed by atoms with Gasteiger partial charge in [-0.1, -0.05) is 78.5 Å². The summed E-state index contributed by atoms with van der Waals surface area (Å²) >= 11 is 1.26. The summed E-state index contributed by atoms with van der Waals surface area (Å²) < 4.78 is 1.55. The van der Waals surface area contributed by atoms with Gasteiger partial charge in [-0.3, -0.25) is 9.59 Å². The van der Waals surface area contributed by atoms with Crippen LogP contribution >= 0.6 is 11.8 Å². The van der Waals surface area contributed by atoms with Crippen molar-refractivity contribution >= 4 is 29.3 Å². The van der Waals surface area contributed by atoms with E-state index in [0.717, 1.165) is 11.1 Å². The monoisotopic (exact) mass is 472 g/mol. The van der Waals surface area contributed by atoms with Crippen molar-refractivity contribution in [3.05, 3.63) is 96.1 Å². The fraction of sp³-hybridized carbons (Fsp3) is 0.160. The molecule has 0 spiro atoms. The van der Waals surface area contributed by atoms with Crippen molar-refractivity contribution in [1.29, 1.82) is 0 Å². The summed E-state index contributed by atoms with van der Waals surface area (Å²) in [6, 6.07) is 26.9. The summed E-state index contributed by atoms with van der Waals surface area (Å²) in [5.41, 5.74) is 3.40. The van der Waals surface area contributed by atoms with Crippen molar-refractivity contribution in [2.75, 3.05) is 18.1 Å². The molecule has 1 aromatic heterocycles. The molecule has 4 aromatic rings. The Hall–Kier alpha value is -3.98. The first-order chi connectivity index (χ1) is 16.5. The molecule has 8 nitrogen and oxygen atoms in total.